The van der Waals surface area contributed by atoms with Crippen molar-refractivity contribution in [2.75, 3.05) is 0 Å². The lowest BCUT2D eigenvalue weighted by Gasteiger charge is -2.25. The van der Waals surface area contributed by atoms with E-state index in [-0.39, 0.29) is 0 Å². The Morgan fingerprint density at radius 1 is 1.24 bits per heavy atom. The molecule has 0 aliphatic carbocycles. The van der Waals surface area contributed by atoms with Gasteiger partial charge in [0.2, 0.25) is 0 Å². The Labute approximate surface area is 110 Å². The molecule has 88 valence electrons. The van der Waals surface area contributed by atoms with Crippen molar-refractivity contribution in [2.24, 2.45) is 0 Å². The van der Waals surface area contributed by atoms with E-state index in [0.29, 0.717) is 21.2 Å². The molecule has 1 N–H and O–H groups in total. The highest BCUT2D eigenvalue weighted by molar-refractivity contribution is 6.35. The lowest BCUT2D eigenvalue weighted by molar-refractivity contribution is 0.102. The molecule has 17 heavy (non-hydrogen) atoms. The third-order valence-electron chi connectivity index (χ3n) is 2.68. The summed E-state index contributed by atoms with van der Waals surface area (Å²) in [7, 11) is 0. The van der Waals surface area contributed by atoms with Crippen LogP contribution in [0.3, 0.4) is 0 Å². The van der Waals surface area contributed by atoms with Crippen LogP contribution in [0.2, 0.25) is 10.0 Å². The van der Waals surface area contributed by atoms with E-state index in [4.69, 9.17) is 23.2 Å². The Morgan fingerprint density at radius 3 is 2.59 bits per heavy atom. The number of halogens is 2. The number of hydrogen-bond acceptors (Lipinski definition) is 2. The minimum absolute atomic E-state index is 0.436. The third kappa shape index (κ3) is 2.44. The zero-order chi connectivity index (χ0) is 12.5. The van der Waals surface area contributed by atoms with Crippen molar-refractivity contribution in [2.45, 2.75) is 12.5 Å². The van der Waals surface area contributed by atoms with E-state index in [1.807, 2.05) is 0 Å². The Morgan fingerprint density at radius 2 is 2.00 bits per heavy atom. The molecule has 0 fully saturated rings. The summed E-state index contributed by atoms with van der Waals surface area (Å²) in [5, 5.41) is 11.5. The van der Waals surface area contributed by atoms with Gasteiger partial charge >= 0.3 is 0 Å². The summed E-state index contributed by atoms with van der Waals surface area (Å²) in [5.74, 6) is 0. The Bertz CT molecular complexity index is 526. The predicted molar refractivity (Wildman–Crippen MR) is 69.4 cm³/mol. The molecule has 0 saturated carbocycles. The first-order valence-electron chi connectivity index (χ1n) is 5.10. The van der Waals surface area contributed by atoms with Crippen LogP contribution >= 0.6 is 23.2 Å². The van der Waals surface area contributed by atoms with Crippen molar-refractivity contribution in [3.63, 3.8) is 0 Å². The molecule has 1 heterocycles. The molecule has 0 amide bonds. The number of aromatic nitrogens is 1. The van der Waals surface area contributed by atoms with E-state index < -0.39 is 5.60 Å². The van der Waals surface area contributed by atoms with Gasteiger partial charge in [-0.05, 0) is 25.1 Å². The Balaban J connectivity index is 2.52. The number of benzene rings is 1. The second-order valence-corrected chi connectivity index (χ2v) is 4.78. The van der Waals surface area contributed by atoms with Gasteiger partial charge in [0.15, 0.2) is 0 Å². The lowest BCUT2D eigenvalue weighted by atomic mass is 9.89. The highest BCUT2D eigenvalue weighted by atomic mass is 35.5. The lowest BCUT2D eigenvalue weighted by Crippen LogP contribution is -2.23. The SMILES string of the molecule is CC(O)(c1cccnc1)c1ccc(Cl)cc1Cl. The first-order valence-corrected chi connectivity index (χ1v) is 5.86. The van der Waals surface area contributed by atoms with Crippen LogP contribution in [0.25, 0.3) is 0 Å². The maximum atomic E-state index is 10.6. The highest BCUT2D eigenvalue weighted by Gasteiger charge is 2.28. The highest BCUT2D eigenvalue weighted by Crippen LogP contribution is 2.34. The molecule has 1 aromatic heterocycles. The second-order valence-electron chi connectivity index (χ2n) is 3.94. The van der Waals surface area contributed by atoms with E-state index >= 15 is 0 Å². The van der Waals surface area contributed by atoms with Gasteiger partial charge in [-0.3, -0.25) is 4.98 Å². The van der Waals surface area contributed by atoms with Gasteiger partial charge in [0, 0.05) is 33.6 Å². The third-order valence-corrected chi connectivity index (χ3v) is 3.23. The summed E-state index contributed by atoms with van der Waals surface area (Å²) in [6.45, 7) is 1.68. The van der Waals surface area contributed by atoms with Crippen molar-refractivity contribution in [1.82, 2.24) is 4.98 Å². The zero-order valence-electron chi connectivity index (χ0n) is 9.19. The summed E-state index contributed by atoms with van der Waals surface area (Å²) in [4.78, 5) is 3.99. The fraction of sp³-hybridized carbons (Fsp3) is 0.154. The van der Waals surface area contributed by atoms with Crippen molar-refractivity contribution in [1.29, 1.82) is 0 Å². The van der Waals surface area contributed by atoms with E-state index in [1.54, 1.807) is 49.6 Å². The normalized spacial score (nSPS) is 14.4. The predicted octanol–water partition coefficient (Wildman–Crippen LogP) is 3.64. The average Bonchev–Trinajstić information content (AvgIpc) is 2.29. The van der Waals surface area contributed by atoms with Crippen LogP contribution in [0, 0.1) is 0 Å². The maximum Gasteiger partial charge on any atom is 0.115 e. The van der Waals surface area contributed by atoms with Gasteiger partial charge in [-0.25, -0.2) is 0 Å². The molecule has 0 spiro atoms. The monoisotopic (exact) mass is 267 g/mol. The van der Waals surface area contributed by atoms with Crippen LogP contribution in [-0.2, 0) is 5.60 Å². The first kappa shape index (κ1) is 12.4. The fourth-order valence-corrected chi connectivity index (χ4v) is 2.28. The van der Waals surface area contributed by atoms with Gasteiger partial charge in [-0.15, -0.1) is 0 Å². The van der Waals surface area contributed by atoms with Crippen molar-refractivity contribution >= 4 is 23.2 Å². The molecule has 1 atom stereocenters. The Hall–Kier alpha value is -1.09. The van der Waals surface area contributed by atoms with Crippen LogP contribution in [0.15, 0.2) is 42.7 Å². The molecule has 0 radical (unpaired) electrons. The fourth-order valence-electron chi connectivity index (χ4n) is 1.69. The smallest absolute Gasteiger partial charge is 0.115 e. The minimum atomic E-state index is -1.18. The summed E-state index contributed by atoms with van der Waals surface area (Å²) in [6.07, 6.45) is 3.27. The second kappa shape index (κ2) is 4.65. The van der Waals surface area contributed by atoms with E-state index in [9.17, 15) is 5.11 Å². The molecule has 0 saturated heterocycles. The van der Waals surface area contributed by atoms with Gasteiger partial charge in [0.25, 0.3) is 0 Å². The molecule has 2 aromatic rings. The molecular formula is C13H11Cl2NO. The number of hydrogen-bond donors (Lipinski definition) is 1. The first-order chi connectivity index (χ1) is 8.01. The van der Waals surface area contributed by atoms with Gasteiger partial charge in [0.05, 0.1) is 0 Å². The molecule has 2 rings (SSSR count). The Kier molecular flexibility index (Phi) is 3.38. The topological polar surface area (TPSA) is 33.1 Å². The van der Waals surface area contributed by atoms with Crippen LogP contribution in [-0.4, -0.2) is 10.1 Å². The van der Waals surface area contributed by atoms with Crippen LogP contribution in [0.4, 0.5) is 0 Å². The summed E-state index contributed by atoms with van der Waals surface area (Å²) < 4.78 is 0. The molecule has 4 heteroatoms. The van der Waals surface area contributed by atoms with Gasteiger partial charge < -0.3 is 5.11 Å². The van der Waals surface area contributed by atoms with Gasteiger partial charge in [-0.1, -0.05) is 35.3 Å². The zero-order valence-corrected chi connectivity index (χ0v) is 10.7. The molecule has 1 aromatic carbocycles. The van der Waals surface area contributed by atoms with Gasteiger partial charge in [-0.2, -0.15) is 0 Å². The summed E-state index contributed by atoms with van der Waals surface area (Å²) in [5.41, 5.74) is 0.108. The van der Waals surface area contributed by atoms with Crippen LogP contribution in [0.1, 0.15) is 18.1 Å². The van der Waals surface area contributed by atoms with Gasteiger partial charge in [0.1, 0.15) is 5.60 Å². The molecule has 0 aliphatic rings. The maximum absolute atomic E-state index is 10.6. The molecule has 1 unspecified atom stereocenters. The number of aliphatic hydroxyl groups is 1. The van der Waals surface area contributed by atoms with Crippen molar-refractivity contribution in [3.8, 4) is 0 Å². The largest absolute Gasteiger partial charge is 0.381 e. The number of rotatable bonds is 2. The quantitative estimate of drug-likeness (QED) is 0.901. The summed E-state index contributed by atoms with van der Waals surface area (Å²) >= 11 is 11.9. The van der Waals surface area contributed by atoms with Crippen molar-refractivity contribution < 1.29 is 5.11 Å². The standard InChI is InChI=1S/C13H11Cl2NO/c1-13(17,9-3-2-6-16-8-9)11-5-4-10(14)7-12(11)15/h2-8,17H,1H3. The molecule has 0 bridgehead atoms. The molecule has 0 aliphatic heterocycles. The van der Waals surface area contributed by atoms with E-state index in [2.05, 4.69) is 4.98 Å². The number of pyridine rings is 1. The van der Waals surface area contributed by atoms with Crippen LogP contribution < -0.4 is 0 Å². The van der Waals surface area contributed by atoms with E-state index in [0.717, 1.165) is 0 Å². The van der Waals surface area contributed by atoms with Crippen LogP contribution in [0.5, 0.6) is 0 Å². The average molecular weight is 268 g/mol. The van der Waals surface area contributed by atoms with E-state index in [1.165, 1.54) is 0 Å². The minimum Gasteiger partial charge on any atom is -0.381 e. The molecular weight excluding hydrogens is 257 g/mol. The molecule has 2 nitrogen and oxygen atoms in total. The summed E-state index contributed by atoms with van der Waals surface area (Å²) in [6, 6.07) is 8.61. The van der Waals surface area contributed by atoms with Crippen molar-refractivity contribution in [3.05, 3.63) is 63.9 Å². The number of nitrogens with zero attached hydrogens (tertiary/aromatic N) is 1.